The number of allylic oxidation sites excluding steroid dienone is 1. The standard InChI is InChI=1S/C38H46O8/c1-4-5-27-6-11-29(12-7-27)30-13-8-28(9-14-30)10-21-36(41)45-35-22-32(17-20-34(35)46-38(43)26(3)24-40)31-15-18-33(19-16-31)44-37(42)25(2)23-39/h10,15-22,27-30,39-40H,2-9,11-14,23-24H2,1H3/b21-10+. The summed E-state index contributed by atoms with van der Waals surface area (Å²) < 4.78 is 16.3. The average Bonchev–Trinajstić information content (AvgIpc) is 3.08. The molecule has 246 valence electrons. The van der Waals surface area contributed by atoms with Crippen molar-refractivity contribution in [1.29, 1.82) is 0 Å². The van der Waals surface area contributed by atoms with Gasteiger partial charge in [-0.15, -0.1) is 0 Å². The van der Waals surface area contributed by atoms with Gasteiger partial charge in [-0.2, -0.15) is 0 Å². The van der Waals surface area contributed by atoms with Crippen LogP contribution < -0.4 is 14.2 Å². The van der Waals surface area contributed by atoms with Gasteiger partial charge in [0.1, 0.15) is 5.75 Å². The Hall–Kier alpha value is -4.01. The first-order valence-corrected chi connectivity index (χ1v) is 16.4. The second kappa shape index (κ2) is 17.1. The van der Waals surface area contributed by atoms with Crippen molar-refractivity contribution in [1.82, 2.24) is 0 Å². The lowest BCUT2D eigenvalue weighted by atomic mass is 9.69. The number of hydrogen-bond acceptors (Lipinski definition) is 8. The molecule has 4 rings (SSSR count). The van der Waals surface area contributed by atoms with Crippen molar-refractivity contribution < 1.29 is 38.8 Å². The van der Waals surface area contributed by atoms with Crippen molar-refractivity contribution in [2.75, 3.05) is 13.2 Å². The van der Waals surface area contributed by atoms with E-state index in [1.165, 1.54) is 63.5 Å². The molecular formula is C38H46O8. The van der Waals surface area contributed by atoms with E-state index in [2.05, 4.69) is 20.1 Å². The predicted octanol–water partition coefficient (Wildman–Crippen LogP) is 7.14. The Morgan fingerprint density at radius 2 is 1.30 bits per heavy atom. The molecule has 8 nitrogen and oxygen atoms in total. The maximum absolute atomic E-state index is 13.0. The largest absolute Gasteiger partial charge is 0.423 e. The number of benzene rings is 2. The SMILES string of the molecule is C=C(CO)C(=O)Oc1ccc(-c2ccc(OC(=O)C(=C)CO)c(OC(=O)/C=C/C3CCC(C4CCC(CCC)CC4)CC3)c2)cc1. The van der Waals surface area contributed by atoms with Crippen molar-refractivity contribution in [3.63, 3.8) is 0 Å². The fourth-order valence-corrected chi connectivity index (χ4v) is 6.57. The number of rotatable bonds is 13. The molecule has 0 saturated heterocycles. The van der Waals surface area contributed by atoms with Crippen molar-refractivity contribution in [2.24, 2.45) is 23.7 Å². The molecule has 0 unspecified atom stereocenters. The summed E-state index contributed by atoms with van der Waals surface area (Å²) in [6.45, 7) is 8.16. The highest BCUT2D eigenvalue weighted by Crippen LogP contribution is 2.42. The predicted molar refractivity (Wildman–Crippen MR) is 176 cm³/mol. The van der Waals surface area contributed by atoms with E-state index in [1.54, 1.807) is 36.4 Å². The molecule has 2 aliphatic rings. The Morgan fingerprint density at radius 1 is 0.739 bits per heavy atom. The van der Waals surface area contributed by atoms with E-state index in [0.717, 1.165) is 30.6 Å². The Bertz CT molecular complexity index is 1410. The van der Waals surface area contributed by atoms with Crippen LogP contribution in [0.2, 0.25) is 0 Å². The molecule has 0 heterocycles. The number of carbonyl (C=O) groups is 3. The fourth-order valence-electron chi connectivity index (χ4n) is 6.57. The average molecular weight is 631 g/mol. The number of aliphatic hydroxyl groups is 2. The number of carbonyl (C=O) groups excluding carboxylic acids is 3. The van der Waals surface area contributed by atoms with Crippen LogP contribution in [-0.4, -0.2) is 41.3 Å². The highest BCUT2D eigenvalue weighted by molar-refractivity contribution is 5.91. The monoisotopic (exact) mass is 630 g/mol. The molecule has 0 spiro atoms. The maximum Gasteiger partial charge on any atom is 0.341 e. The second-order valence-electron chi connectivity index (χ2n) is 12.5. The third-order valence-electron chi connectivity index (χ3n) is 9.29. The Morgan fingerprint density at radius 3 is 1.89 bits per heavy atom. The van der Waals surface area contributed by atoms with Crippen LogP contribution in [0.1, 0.15) is 71.1 Å². The Balaban J connectivity index is 1.40. The molecule has 2 saturated carbocycles. The summed E-state index contributed by atoms with van der Waals surface area (Å²) in [5.74, 6) is 1.01. The number of hydrogen-bond donors (Lipinski definition) is 2. The minimum absolute atomic E-state index is 0.00679. The molecule has 2 fully saturated rings. The quantitative estimate of drug-likeness (QED) is 0.136. The van der Waals surface area contributed by atoms with Gasteiger partial charge in [-0.3, -0.25) is 0 Å². The van der Waals surface area contributed by atoms with Crippen molar-refractivity contribution >= 4 is 17.9 Å². The molecule has 0 amide bonds. The minimum Gasteiger partial charge on any atom is -0.423 e. The molecule has 0 radical (unpaired) electrons. The van der Waals surface area contributed by atoms with Crippen LogP contribution in [0.25, 0.3) is 11.1 Å². The van der Waals surface area contributed by atoms with Crippen LogP contribution in [0.3, 0.4) is 0 Å². The molecule has 8 heteroatoms. The number of aliphatic hydroxyl groups excluding tert-OH is 2. The van der Waals surface area contributed by atoms with Crippen LogP contribution in [0, 0.1) is 23.7 Å². The van der Waals surface area contributed by atoms with Gasteiger partial charge in [-0.1, -0.05) is 70.0 Å². The van der Waals surface area contributed by atoms with Gasteiger partial charge in [0.2, 0.25) is 0 Å². The molecule has 46 heavy (non-hydrogen) atoms. The van der Waals surface area contributed by atoms with Crippen LogP contribution in [-0.2, 0) is 14.4 Å². The van der Waals surface area contributed by atoms with E-state index in [9.17, 15) is 19.5 Å². The zero-order chi connectivity index (χ0) is 33.1. The van der Waals surface area contributed by atoms with Gasteiger partial charge in [0.05, 0.1) is 24.4 Å². The van der Waals surface area contributed by atoms with Crippen LogP contribution in [0.4, 0.5) is 0 Å². The maximum atomic E-state index is 13.0. The molecule has 0 atom stereocenters. The normalized spacial score (nSPS) is 21.4. The first kappa shape index (κ1) is 34.9. The molecule has 2 aromatic rings. The topological polar surface area (TPSA) is 119 Å². The summed E-state index contributed by atoms with van der Waals surface area (Å²) in [6, 6.07) is 11.3. The van der Waals surface area contributed by atoms with Crippen LogP contribution >= 0.6 is 0 Å². The Labute approximate surface area is 271 Å². The van der Waals surface area contributed by atoms with Crippen LogP contribution in [0.5, 0.6) is 17.2 Å². The molecule has 0 aromatic heterocycles. The van der Waals surface area contributed by atoms with Crippen LogP contribution in [0.15, 0.2) is 78.9 Å². The molecular weight excluding hydrogens is 584 g/mol. The summed E-state index contributed by atoms with van der Waals surface area (Å²) in [5.41, 5.74) is 1.15. The molecule has 0 aliphatic heterocycles. The molecule has 2 N–H and O–H groups in total. The van der Waals surface area contributed by atoms with E-state index >= 15 is 0 Å². The fraction of sp³-hybridized carbons (Fsp3) is 0.447. The lowest BCUT2D eigenvalue weighted by Gasteiger charge is -2.37. The highest BCUT2D eigenvalue weighted by atomic mass is 16.6. The van der Waals surface area contributed by atoms with Gasteiger partial charge >= 0.3 is 17.9 Å². The smallest absolute Gasteiger partial charge is 0.341 e. The zero-order valence-corrected chi connectivity index (χ0v) is 26.7. The van der Waals surface area contributed by atoms with Crippen molar-refractivity contribution in [3.05, 3.63) is 78.9 Å². The van der Waals surface area contributed by atoms with Gasteiger partial charge in [-0.05, 0) is 97.6 Å². The minimum atomic E-state index is -0.839. The molecule has 2 aromatic carbocycles. The summed E-state index contributed by atoms with van der Waals surface area (Å²) in [6.07, 6.45) is 16.0. The highest BCUT2D eigenvalue weighted by Gasteiger charge is 2.30. The first-order chi connectivity index (χ1) is 22.2. The molecule has 0 bridgehead atoms. The lowest BCUT2D eigenvalue weighted by Crippen LogP contribution is -2.25. The van der Waals surface area contributed by atoms with Crippen molar-refractivity contribution in [3.8, 4) is 28.4 Å². The summed E-state index contributed by atoms with van der Waals surface area (Å²) in [4.78, 5) is 37.2. The van der Waals surface area contributed by atoms with E-state index in [1.807, 2.05) is 6.08 Å². The Kier molecular flexibility index (Phi) is 12.9. The van der Waals surface area contributed by atoms with Gasteiger partial charge in [0, 0.05) is 6.08 Å². The third kappa shape index (κ3) is 9.74. The number of esters is 3. The van der Waals surface area contributed by atoms with Crippen molar-refractivity contribution in [2.45, 2.75) is 71.1 Å². The van der Waals surface area contributed by atoms with Gasteiger partial charge in [0.15, 0.2) is 11.5 Å². The summed E-state index contributed by atoms with van der Waals surface area (Å²) >= 11 is 0. The first-order valence-electron chi connectivity index (χ1n) is 16.4. The number of ether oxygens (including phenoxy) is 3. The van der Waals surface area contributed by atoms with Gasteiger partial charge in [-0.25, -0.2) is 14.4 Å². The molecule has 2 aliphatic carbocycles. The zero-order valence-electron chi connectivity index (χ0n) is 26.7. The van der Waals surface area contributed by atoms with Gasteiger partial charge < -0.3 is 24.4 Å². The second-order valence-corrected chi connectivity index (χ2v) is 12.5. The van der Waals surface area contributed by atoms with E-state index in [0.29, 0.717) is 17.0 Å². The van der Waals surface area contributed by atoms with Gasteiger partial charge in [0.25, 0.3) is 0 Å². The van der Waals surface area contributed by atoms with E-state index < -0.39 is 31.1 Å². The lowest BCUT2D eigenvalue weighted by molar-refractivity contribution is -0.132. The summed E-state index contributed by atoms with van der Waals surface area (Å²) in [7, 11) is 0. The van der Waals surface area contributed by atoms with E-state index in [-0.39, 0.29) is 28.4 Å². The van der Waals surface area contributed by atoms with E-state index in [4.69, 9.17) is 19.3 Å². The summed E-state index contributed by atoms with van der Waals surface area (Å²) in [5, 5.41) is 18.4. The third-order valence-corrected chi connectivity index (χ3v) is 9.29.